The van der Waals surface area contributed by atoms with Crippen molar-refractivity contribution >= 4 is 6.09 Å². The van der Waals surface area contributed by atoms with Crippen molar-refractivity contribution < 1.29 is 18.7 Å². The highest BCUT2D eigenvalue weighted by atomic mass is 19.1. The Balaban J connectivity index is 1.31. The summed E-state index contributed by atoms with van der Waals surface area (Å²) in [6.45, 7) is 6.63. The van der Waals surface area contributed by atoms with Gasteiger partial charge >= 0.3 is 6.09 Å². The molecule has 2 aliphatic rings. The summed E-state index contributed by atoms with van der Waals surface area (Å²) in [4.78, 5) is 17.1. The van der Waals surface area contributed by atoms with Crippen LogP contribution in [0.2, 0.25) is 0 Å². The van der Waals surface area contributed by atoms with Gasteiger partial charge in [0.25, 0.3) is 0 Å². The molecule has 2 aromatic carbocycles. The van der Waals surface area contributed by atoms with Crippen LogP contribution in [-0.4, -0.2) is 36.8 Å². The standard InChI is InChI=1S/C28H30FN3O3/c1-28(2,17-31-27(33)34-16-18-6-4-3-5-7-18)20-12-24(19-8-10-21(29)11-9-19)32-25(13-20)35-26-22-14-30-15-23(22)26/h3-13,22-23,26,30H,14-17H2,1-2H3,(H,31,33)/t22-,23+,26?. The average Bonchev–Trinajstić information content (AvgIpc) is 3.26. The van der Waals surface area contributed by atoms with Crippen LogP contribution in [0.3, 0.4) is 0 Å². The summed E-state index contributed by atoms with van der Waals surface area (Å²) < 4.78 is 25.2. The quantitative estimate of drug-likeness (QED) is 0.495. The average molecular weight is 476 g/mol. The molecular formula is C28H30FN3O3. The second-order valence-corrected chi connectivity index (χ2v) is 9.95. The lowest BCUT2D eigenvalue weighted by molar-refractivity contribution is 0.137. The molecule has 1 aliphatic heterocycles. The van der Waals surface area contributed by atoms with Crippen molar-refractivity contribution in [3.8, 4) is 17.1 Å². The van der Waals surface area contributed by atoms with Crippen LogP contribution >= 0.6 is 0 Å². The number of rotatable bonds is 8. The van der Waals surface area contributed by atoms with E-state index >= 15 is 0 Å². The molecule has 1 saturated carbocycles. The molecule has 7 heteroatoms. The minimum atomic E-state index is -0.468. The lowest BCUT2D eigenvalue weighted by Gasteiger charge is -2.26. The van der Waals surface area contributed by atoms with E-state index in [-0.39, 0.29) is 18.5 Å². The number of ether oxygens (including phenoxy) is 2. The van der Waals surface area contributed by atoms with Crippen molar-refractivity contribution in [2.24, 2.45) is 11.8 Å². The third-order valence-corrected chi connectivity index (χ3v) is 6.88. The van der Waals surface area contributed by atoms with Crippen molar-refractivity contribution in [1.82, 2.24) is 15.6 Å². The molecule has 35 heavy (non-hydrogen) atoms. The third-order valence-electron chi connectivity index (χ3n) is 6.88. The number of hydrogen-bond donors (Lipinski definition) is 2. The predicted octanol–water partition coefficient (Wildman–Crippen LogP) is 4.69. The van der Waals surface area contributed by atoms with E-state index in [1.165, 1.54) is 12.1 Å². The molecule has 1 aromatic heterocycles. The SMILES string of the molecule is CC(C)(CNC(=O)OCc1ccccc1)c1cc(OC2[C@H]3CNC[C@@H]23)nc(-c2ccc(F)cc2)c1. The number of alkyl carbamates (subject to hydrolysis) is 1. The van der Waals surface area contributed by atoms with Gasteiger partial charge in [-0.05, 0) is 41.5 Å². The highest BCUT2D eigenvalue weighted by Gasteiger charge is 2.55. The normalized spacial score (nSPS) is 20.7. The molecular weight excluding hydrogens is 445 g/mol. The highest BCUT2D eigenvalue weighted by Crippen LogP contribution is 2.44. The Kier molecular flexibility index (Phi) is 6.43. The molecule has 0 radical (unpaired) electrons. The number of piperidine rings is 1. The number of aromatic nitrogens is 1. The summed E-state index contributed by atoms with van der Waals surface area (Å²) in [6, 6.07) is 19.8. The largest absolute Gasteiger partial charge is 0.474 e. The number of fused-ring (bicyclic) bond motifs is 1. The Hall–Kier alpha value is -3.45. The fraction of sp³-hybridized carbons (Fsp3) is 0.357. The van der Waals surface area contributed by atoms with Crippen LogP contribution in [0.5, 0.6) is 5.88 Å². The van der Waals surface area contributed by atoms with E-state index in [9.17, 15) is 9.18 Å². The smallest absolute Gasteiger partial charge is 0.407 e. The Bertz CT molecular complexity index is 1170. The first-order valence-electron chi connectivity index (χ1n) is 12.0. The zero-order valence-corrected chi connectivity index (χ0v) is 20.0. The lowest BCUT2D eigenvalue weighted by atomic mass is 9.84. The first-order chi connectivity index (χ1) is 16.9. The van der Waals surface area contributed by atoms with Crippen LogP contribution < -0.4 is 15.4 Å². The van der Waals surface area contributed by atoms with Gasteiger partial charge in [-0.3, -0.25) is 0 Å². The predicted molar refractivity (Wildman–Crippen MR) is 132 cm³/mol. The molecule has 1 amide bonds. The number of benzene rings is 2. The van der Waals surface area contributed by atoms with Crippen molar-refractivity contribution in [3.63, 3.8) is 0 Å². The maximum atomic E-state index is 13.5. The van der Waals surface area contributed by atoms with E-state index in [1.807, 2.05) is 56.3 Å². The highest BCUT2D eigenvalue weighted by molar-refractivity contribution is 5.67. The Labute approximate surface area is 204 Å². The zero-order valence-electron chi connectivity index (χ0n) is 20.0. The summed E-state index contributed by atoms with van der Waals surface area (Å²) in [5.41, 5.74) is 2.99. The second-order valence-electron chi connectivity index (χ2n) is 9.95. The Morgan fingerprint density at radius 3 is 2.51 bits per heavy atom. The molecule has 0 spiro atoms. The monoisotopic (exact) mass is 475 g/mol. The van der Waals surface area contributed by atoms with Gasteiger partial charge in [0, 0.05) is 48.5 Å². The van der Waals surface area contributed by atoms with E-state index in [0.717, 1.165) is 29.8 Å². The minimum Gasteiger partial charge on any atom is -0.474 e. The molecule has 2 N–H and O–H groups in total. The zero-order chi connectivity index (χ0) is 24.4. The maximum Gasteiger partial charge on any atom is 0.407 e. The molecule has 3 atom stereocenters. The molecule has 182 valence electrons. The van der Waals surface area contributed by atoms with E-state index in [0.29, 0.717) is 30.0 Å². The fourth-order valence-corrected chi connectivity index (χ4v) is 4.57. The summed E-state index contributed by atoms with van der Waals surface area (Å²) in [7, 11) is 0. The van der Waals surface area contributed by atoms with E-state index in [2.05, 4.69) is 10.6 Å². The van der Waals surface area contributed by atoms with Gasteiger partial charge in [0.1, 0.15) is 18.5 Å². The first-order valence-corrected chi connectivity index (χ1v) is 12.0. The number of nitrogens with zero attached hydrogens (tertiary/aromatic N) is 1. The maximum absolute atomic E-state index is 13.5. The number of carbonyl (C=O) groups is 1. The van der Waals surface area contributed by atoms with Crippen LogP contribution in [0.15, 0.2) is 66.7 Å². The number of nitrogens with one attached hydrogen (secondary N) is 2. The van der Waals surface area contributed by atoms with Crippen LogP contribution in [0, 0.1) is 17.7 Å². The number of pyridine rings is 1. The van der Waals surface area contributed by atoms with Gasteiger partial charge < -0.3 is 20.1 Å². The number of carbonyl (C=O) groups excluding carboxylic acids is 1. The van der Waals surface area contributed by atoms with Crippen molar-refractivity contribution in [1.29, 1.82) is 0 Å². The Morgan fingerprint density at radius 1 is 1.09 bits per heavy atom. The molecule has 2 heterocycles. The molecule has 5 rings (SSSR count). The lowest BCUT2D eigenvalue weighted by Crippen LogP contribution is -2.37. The van der Waals surface area contributed by atoms with Gasteiger partial charge in [-0.1, -0.05) is 44.2 Å². The number of halogens is 1. The van der Waals surface area contributed by atoms with Crippen LogP contribution in [0.25, 0.3) is 11.3 Å². The molecule has 1 saturated heterocycles. The molecule has 0 bridgehead atoms. The van der Waals surface area contributed by atoms with Crippen molar-refractivity contribution in [2.75, 3.05) is 19.6 Å². The van der Waals surface area contributed by atoms with Gasteiger partial charge in [-0.2, -0.15) is 0 Å². The van der Waals surface area contributed by atoms with Gasteiger partial charge in [0.15, 0.2) is 0 Å². The summed E-state index contributed by atoms with van der Waals surface area (Å²) in [6.07, 6.45) is -0.293. The van der Waals surface area contributed by atoms with E-state index in [4.69, 9.17) is 14.5 Å². The molecule has 3 aromatic rings. The van der Waals surface area contributed by atoms with Crippen LogP contribution in [0.1, 0.15) is 25.0 Å². The summed E-state index contributed by atoms with van der Waals surface area (Å²) in [5.74, 6) is 1.33. The second kappa shape index (κ2) is 9.66. The first kappa shape index (κ1) is 23.3. The number of amides is 1. The fourth-order valence-electron chi connectivity index (χ4n) is 4.57. The van der Waals surface area contributed by atoms with Gasteiger partial charge in [-0.25, -0.2) is 14.2 Å². The number of hydrogen-bond acceptors (Lipinski definition) is 5. The third kappa shape index (κ3) is 5.46. The van der Waals surface area contributed by atoms with E-state index in [1.54, 1.807) is 12.1 Å². The molecule has 2 fully saturated rings. The Morgan fingerprint density at radius 2 is 1.80 bits per heavy atom. The van der Waals surface area contributed by atoms with Gasteiger partial charge in [-0.15, -0.1) is 0 Å². The van der Waals surface area contributed by atoms with Crippen LogP contribution in [0.4, 0.5) is 9.18 Å². The van der Waals surface area contributed by atoms with Crippen molar-refractivity contribution in [3.05, 3.63) is 83.7 Å². The molecule has 1 aliphatic carbocycles. The van der Waals surface area contributed by atoms with Gasteiger partial charge in [0.2, 0.25) is 5.88 Å². The molecule has 1 unspecified atom stereocenters. The van der Waals surface area contributed by atoms with Crippen molar-refractivity contribution in [2.45, 2.75) is 32.0 Å². The molecule has 6 nitrogen and oxygen atoms in total. The van der Waals surface area contributed by atoms with E-state index < -0.39 is 11.5 Å². The van der Waals surface area contributed by atoms with Crippen LogP contribution in [-0.2, 0) is 16.8 Å². The summed E-state index contributed by atoms with van der Waals surface area (Å²) >= 11 is 0. The topological polar surface area (TPSA) is 72.5 Å². The minimum absolute atomic E-state index is 0.175. The van der Waals surface area contributed by atoms with Gasteiger partial charge in [0.05, 0.1) is 5.69 Å². The summed E-state index contributed by atoms with van der Waals surface area (Å²) in [5, 5.41) is 6.26.